The van der Waals surface area contributed by atoms with E-state index in [9.17, 15) is 31.5 Å². The summed E-state index contributed by atoms with van der Waals surface area (Å²) in [5, 5.41) is 18.3. The van der Waals surface area contributed by atoms with Crippen molar-refractivity contribution in [2.45, 2.75) is 35.7 Å². The third-order valence-electron chi connectivity index (χ3n) is 3.86. The number of carbonyl (C=O) groups is 1. The average molecular weight is 393 g/mol. The third kappa shape index (κ3) is 4.24. The molecule has 26 heavy (non-hydrogen) atoms. The molecule has 1 unspecified atom stereocenters. The highest BCUT2D eigenvalue weighted by atomic mass is 32.2. The summed E-state index contributed by atoms with van der Waals surface area (Å²) < 4.78 is 66.2. The highest BCUT2D eigenvalue weighted by Crippen LogP contribution is 2.31. The fraction of sp³-hybridized carbons (Fsp3) is 0.429. The van der Waals surface area contributed by atoms with Crippen LogP contribution in [0.3, 0.4) is 0 Å². The van der Waals surface area contributed by atoms with Crippen molar-refractivity contribution in [2.75, 3.05) is 6.54 Å². The molecular formula is C14H14F3N3O5S. The maximum Gasteiger partial charge on any atom is 0.573 e. The van der Waals surface area contributed by atoms with E-state index in [1.807, 2.05) is 0 Å². The lowest BCUT2D eigenvalue weighted by molar-refractivity contribution is -0.274. The molecule has 12 heteroatoms. The first kappa shape index (κ1) is 20.0. The van der Waals surface area contributed by atoms with Gasteiger partial charge in [-0.3, -0.25) is 4.79 Å². The highest BCUT2D eigenvalue weighted by molar-refractivity contribution is 7.89. The number of nitrogens with zero attached hydrogens (tertiary/aromatic N) is 2. The van der Waals surface area contributed by atoms with Crippen LogP contribution in [0.4, 0.5) is 13.2 Å². The number of nitrogens with two attached hydrogens (primary N) is 1. The molecule has 0 bridgehead atoms. The minimum atomic E-state index is -4.93. The zero-order chi connectivity index (χ0) is 19.8. The van der Waals surface area contributed by atoms with Crippen molar-refractivity contribution in [3.8, 4) is 11.8 Å². The second-order valence-corrected chi connectivity index (χ2v) is 7.60. The number of carboxylic acid groups (broad SMARTS) is 1. The molecule has 8 nitrogen and oxygen atoms in total. The number of halogens is 3. The Kier molecular flexibility index (Phi) is 5.18. The van der Waals surface area contributed by atoms with Crippen LogP contribution in [0.5, 0.6) is 5.75 Å². The molecule has 0 amide bonds. The standard InChI is InChI=1S/C14H14F3N3O5S/c15-14(16,17)25-9-1-3-10(4-2-9)26(23,24)20-6-5-13(19,8-18)7-11(20)12(21)22/h1-4,11H,5-7,19H2,(H,21,22)/t11-,13?/m1/s1. The van der Waals surface area contributed by atoms with Gasteiger partial charge in [0.05, 0.1) is 11.0 Å². The number of benzene rings is 1. The van der Waals surface area contributed by atoms with Crippen LogP contribution >= 0.6 is 0 Å². The predicted octanol–water partition coefficient (Wildman–Crippen LogP) is 1.04. The molecule has 1 aliphatic rings. The summed E-state index contributed by atoms with van der Waals surface area (Å²) in [7, 11) is -4.32. The van der Waals surface area contributed by atoms with Gasteiger partial charge < -0.3 is 15.6 Å². The summed E-state index contributed by atoms with van der Waals surface area (Å²) in [6, 6.07) is 3.58. The van der Waals surface area contributed by atoms with Crippen LogP contribution in [-0.2, 0) is 14.8 Å². The van der Waals surface area contributed by atoms with E-state index in [-0.39, 0.29) is 13.0 Å². The molecule has 2 rings (SSSR count). The van der Waals surface area contributed by atoms with E-state index in [2.05, 4.69) is 4.74 Å². The topological polar surface area (TPSA) is 134 Å². The van der Waals surface area contributed by atoms with E-state index in [0.29, 0.717) is 4.31 Å². The van der Waals surface area contributed by atoms with Crippen LogP contribution in [0.2, 0.25) is 0 Å². The minimum Gasteiger partial charge on any atom is -0.480 e. The summed E-state index contributed by atoms with van der Waals surface area (Å²) in [5.74, 6) is -2.09. The van der Waals surface area contributed by atoms with Crippen LogP contribution in [0.25, 0.3) is 0 Å². The van der Waals surface area contributed by atoms with Crippen LogP contribution in [-0.4, -0.2) is 48.3 Å². The fourth-order valence-electron chi connectivity index (χ4n) is 2.56. The van der Waals surface area contributed by atoms with E-state index < -0.39 is 51.0 Å². The van der Waals surface area contributed by atoms with Gasteiger partial charge in [-0.2, -0.15) is 9.57 Å². The van der Waals surface area contributed by atoms with E-state index in [1.54, 1.807) is 6.07 Å². The zero-order valence-electron chi connectivity index (χ0n) is 13.1. The Labute approximate surface area is 146 Å². The largest absolute Gasteiger partial charge is 0.573 e. The maximum atomic E-state index is 12.7. The molecular weight excluding hydrogens is 379 g/mol. The van der Waals surface area contributed by atoms with Crippen molar-refractivity contribution in [3.63, 3.8) is 0 Å². The third-order valence-corrected chi connectivity index (χ3v) is 5.78. The smallest absolute Gasteiger partial charge is 0.480 e. The number of aliphatic carboxylic acids is 1. The molecule has 2 atom stereocenters. The summed E-state index contributed by atoms with van der Waals surface area (Å²) >= 11 is 0. The van der Waals surface area contributed by atoms with Crippen LogP contribution in [0, 0.1) is 11.3 Å². The van der Waals surface area contributed by atoms with Crippen molar-refractivity contribution in [3.05, 3.63) is 24.3 Å². The number of hydrogen-bond donors (Lipinski definition) is 2. The number of ether oxygens (including phenoxy) is 1. The lowest BCUT2D eigenvalue weighted by Gasteiger charge is -2.38. The molecule has 1 heterocycles. The molecule has 0 aromatic heterocycles. The summed E-state index contributed by atoms with van der Waals surface area (Å²) in [6.07, 6.45) is -5.42. The van der Waals surface area contributed by atoms with Crippen molar-refractivity contribution in [1.29, 1.82) is 5.26 Å². The first-order chi connectivity index (χ1) is 11.9. The lowest BCUT2D eigenvalue weighted by Crippen LogP contribution is -2.58. The molecule has 1 aliphatic heterocycles. The van der Waals surface area contributed by atoms with E-state index >= 15 is 0 Å². The number of hydrogen-bond acceptors (Lipinski definition) is 6. The van der Waals surface area contributed by atoms with Gasteiger partial charge in [0.1, 0.15) is 17.3 Å². The van der Waals surface area contributed by atoms with Crippen LogP contribution in [0.1, 0.15) is 12.8 Å². The average Bonchev–Trinajstić information content (AvgIpc) is 2.53. The van der Waals surface area contributed by atoms with Gasteiger partial charge in [-0.1, -0.05) is 0 Å². The van der Waals surface area contributed by atoms with Crippen molar-refractivity contribution in [1.82, 2.24) is 4.31 Å². The normalized spacial score (nSPS) is 24.7. The molecule has 3 N–H and O–H groups in total. The molecule has 0 radical (unpaired) electrons. The number of piperidine rings is 1. The Hall–Kier alpha value is -2.36. The number of nitriles is 1. The Morgan fingerprint density at radius 2 is 1.96 bits per heavy atom. The summed E-state index contributed by atoms with van der Waals surface area (Å²) in [4.78, 5) is 11.0. The molecule has 1 saturated heterocycles. The predicted molar refractivity (Wildman–Crippen MR) is 80.2 cm³/mol. The number of carboxylic acids is 1. The van der Waals surface area contributed by atoms with Crippen LogP contribution in [0.15, 0.2) is 29.2 Å². The van der Waals surface area contributed by atoms with Gasteiger partial charge in [0.25, 0.3) is 0 Å². The van der Waals surface area contributed by atoms with Gasteiger partial charge in [0.15, 0.2) is 0 Å². The second kappa shape index (κ2) is 6.75. The van der Waals surface area contributed by atoms with Crippen LogP contribution < -0.4 is 10.5 Å². The number of alkyl halides is 3. The summed E-state index contributed by atoms with van der Waals surface area (Å²) in [6.45, 7) is -0.315. The molecule has 1 aromatic carbocycles. The first-order valence-electron chi connectivity index (χ1n) is 7.19. The first-order valence-corrected chi connectivity index (χ1v) is 8.63. The van der Waals surface area contributed by atoms with Crippen molar-refractivity contribution in [2.24, 2.45) is 5.73 Å². The Balaban J connectivity index is 2.31. The van der Waals surface area contributed by atoms with Gasteiger partial charge in [-0.05, 0) is 30.7 Å². The monoisotopic (exact) mass is 393 g/mol. The van der Waals surface area contributed by atoms with Gasteiger partial charge in [0.2, 0.25) is 10.0 Å². The van der Waals surface area contributed by atoms with E-state index in [0.717, 1.165) is 24.3 Å². The van der Waals surface area contributed by atoms with E-state index in [1.165, 1.54) is 0 Å². The van der Waals surface area contributed by atoms with Gasteiger partial charge in [0, 0.05) is 13.0 Å². The molecule has 0 aliphatic carbocycles. The Morgan fingerprint density at radius 1 is 1.38 bits per heavy atom. The molecule has 0 spiro atoms. The molecule has 1 fully saturated rings. The second-order valence-electron chi connectivity index (χ2n) is 5.71. The fourth-order valence-corrected chi connectivity index (χ4v) is 4.15. The highest BCUT2D eigenvalue weighted by Gasteiger charge is 2.46. The zero-order valence-corrected chi connectivity index (χ0v) is 13.9. The van der Waals surface area contributed by atoms with Crippen molar-refractivity contribution >= 4 is 16.0 Å². The number of sulfonamides is 1. The molecule has 1 aromatic rings. The molecule has 142 valence electrons. The number of rotatable bonds is 4. The minimum absolute atomic E-state index is 0.0816. The SMILES string of the molecule is N#CC1(N)CCN(S(=O)(=O)c2ccc(OC(F)(F)F)cc2)[C@@H](C(=O)O)C1. The van der Waals surface area contributed by atoms with Gasteiger partial charge >= 0.3 is 12.3 Å². The quantitative estimate of drug-likeness (QED) is 0.781. The summed E-state index contributed by atoms with van der Waals surface area (Å²) in [5.41, 5.74) is 4.27. The Morgan fingerprint density at radius 3 is 2.42 bits per heavy atom. The van der Waals surface area contributed by atoms with Crippen molar-refractivity contribution < 1.29 is 36.2 Å². The van der Waals surface area contributed by atoms with Gasteiger partial charge in [-0.25, -0.2) is 8.42 Å². The van der Waals surface area contributed by atoms with Gasteiger partial charge in [-0.15, -0.1) is 13.2 Å². The maximum absolute atomic E-state index is 12.7. The lowest BCUT2D eigenvalue weighted by atomic mass is 9.86. The van der Waals surface area contributed by atoms with E-state index in [4.69, 9.17) is 11.0 Å². The Bertz CT molecular complexity index is 835. The molecule has 0 saturated carbocycles.